The molecule has 0 aliphatic heterocycles. The van der Waals surface area contributed by atoms with E-state index in [1.165, 1.54) is 44.9 Å². The van der Waals surface area contributed by atoms with Crippen LogP contribution in [-0.2, 0) is 9.59 Å². The Morgan fingerprint density at radius 3 is 1.68 bits per heavy atom. The van der Waals surface area contributed by atoms with Crippen LogP contribution in [-0.4, -0.2) is 35.0 Å². The number of carboxylic acid groups (broad SMARTS) is 1. The molecule has 1 N–H and O–H groups in total. The molecule has 0 radical (unpaired) electrons. The first kappa shape index (κ1) is 35.2. The highest BCUT2D eigenvalue weighted by Gasteiger charge is 2.26. The summed E-state index contributed by atoms with van der Waals surface area (Å²) in [6.07, 6.45) is 28.5. The Balaban J connectivity index is 5.36. The van der Waals surface area contributed by atoms with Crippen molar-refractivity contribution < 1.29 is 14.7 Å². The predicted octanol–water partition coefficient (Wildman–Crippen LogP) is 9.37. The van der Waals surface area contributed by atoms with Gasteiger partial charge in [-0.1, -0.05) is 116 Å². The van der Waals surface area contributed by atoms with Crippen molar-refractivity contribution in [3.63, 3.8) is 0 Å². The number of hydrogen-bond donors (Lipinski definition) is 1. The highest BCUT2D eigenvalue weighted by atomic mass is 16.4. The quantitative estimate of drug-likeness (QED) is 0.102. The molecule has 0 aliphatic rings. The van der Waals surface area contributed by atoms with Crippen LogP contribution in [0.5, 0.6) is 0 Å². The summed E-state index contributed by atoms with van der Waals surface area (Å²) < 4.78 is 0. The fourth-order valence-electron chi connectivity index (χ4n) is 4.60. The van der Waals surface area contributed by atoms with E-state index in [1.54, 1.807) is 0 Å². The number of rotatable bonds is 24. The molecule has 0 aromatic rings. The first-order chi connectivity index (χ1) is 17.9. The van der Waals surface area contributed by atoms with E-state index in [0.717, 1.165) is 38.5 Å². The zero-order valence-corrected chi connectivity index (χ0v) is 24.9. The summed E-state index contributed by atoms with van der Waals surface area (Å²) in [5, 5.41) is 9.32. The second-order valence-electron chi connectivity index (χ2n) is 10.5. The summed E-state index contributed by atoms with van der Waals surface area (Å²) in [6, 6.07) is 0. The molecule has 37 heavy (non-hydrogen) atoms. The molecule has 3 unspecified atom stereocenters. The van der Waals surface area contributed by atoms with Gasteiger partial charge in [0.2, 0.25) is 5.91 Å². The molecule has 0 aromatic carbocycles. The maximum absolute atomic E-state index is 13.8. The second-order valence-corrected chi connectivity index (χ2v) is 10.5. The topological polar surface area (TPSA) is 57.6 Å². The number of nitrogens with zero attached hydrogens (tertiary/aromatic N) is 1. The monoisotopic (exact) mass is 517 g/mol. The van der Waals surface area contributed by atoms with E-state index in [0.29, 0.717) is 31.3 Å². The average molecular weight is 518 g/mol. The number of carboxylic acids is 1. The van der Waals surface area contributed by atoms with Crippen LogP contribution >= 0.6 is 0 Å². The van der Waals surface area contributed by atoms with E-state index >= 15 is 0 Å². The molecular weight excluding hydrogens is 458 g/mol. The van der Waals surface area contributed by atoms with Crippen LogP contribution in [0.25, 0.3) is 0 Å². The normalized spacial score (nSPS) is 14.5. The van der Waals surface area contributed by atoms with Gasteiger partial charge in [-0.05, 0) is 56.8 Å². The molecule has 0 bridgehead atoms. The van der Waals surface area contributed by atoms with Gasteiger partial charge in [-0.2, -0.15) is 0 Å². The molecule has 0 spiro atoms. The standard InChI is InChI=1S/C33H59NO3/c1-6-11-14-15-16-17-18-19-20-21-24-31(25-26-32(35)36)33(37)34(27-29(9-4)22-12-7-2)28-30(10-5)23-13-8-3/h12-13,21-24,29-31H,6-11,14-20,25-28H2,1-5H3,(H,35,36)/b22-12+,23-13+,24-21-. The molecule has 0 heterocycles. The minimum atomic E-state index is -0.838. The van der Waals surface area contributed by atoms with Crippen molar-refractivity contribution in [2.24, 2.45) is 17.8 Å². The van der Waals surface area contributed by atoms with Gasteiger partial charge in [-0.25, -0.2) is 0 Å². The van der Waals surface area contributed by atoms with Gasteiger partial charge >= 0.3 is 5.97 Å². The minimum absolute atomic E-state index is 0.0201. The van der Waals surface area contributed by atoms with Crippen LogP contribution in [0, 0.1) is 17.8 Å². The van der Waals surface area contributed by atoms with Crippen LogP contribution < -0.4 is 0 Å². The Morgan fingerprint density at radius 2 is 1.22 bits per heavy atom. The summed E-state index contributed by atoms with van der Waals surface area (Å²) in [4.78, 5) is 27.2. The summed E-state index contributed by atoms with van der Waals surface area (Å²) in [7, 11) is 0. The number of hydrogen-bond acceptors (Lipinski definition) is 2. The molecule has 0 aromatic heterocycles. The fourth-order valence-corrected chi connectivity index (χ4v) is 4.60. The van der Waals surface area contributed by atoms with Crippen molar-refractivity contribution in [1.29, 1.82) is 0 Å². The number of allylic oxidation sites excluding steroid dienone is 3. The second kappa shape index (κ2) is 24.5. The lowest BCUT2D eigenvalue weighted by Crippen LogP contribution is -2.41. The molecule has 214 valence electrons. The first-order valence-electron chi connectivity index (χ1n) is 15.4. The maximum atomic E-state index is 13.8. The van der Waals surface area contributed by atoms with Gasteiger partial charge in [0, 0.05) is 19.5 Å². The van der Waals surface area contributed by atoms with Crippen LogP contribution in [0.1, 0.15) is 131 Å². The zero-order valence-electron chi connectivity index (χ0n) is 24.9. The third-order valence-corrected chi connectivity index (χ3v) is 7.14. The molecule has 0 aliphatic carbocycles. The van der Waals surface area contributed by atoms with Crippen LogP contribution in [0.2, 0.25) is 0 Å². The van der Waals surface area contributed by atoms with E-state index in [-0.39, 0.29) is 18.2 Å². The average Bonchev–Trinajstić information content (AvgIpc) is 2.90. The smallest absolute Gasteiger partial charge is 0.303 e. The molecule has 3 atom stereocenters. The Hall–Kier alpha value is -1.84. The zero-order chi connectivity index (χ0) is 27.7. The SMILES string of the molecule is CC/C=C/C(CC)CN(CC(/C=C/CC)CC)C(=O)C(/C=C\CCCCCCCCCC)CCC(=O)O. The number of carbonyl (C=O) groups excluding carboxylic acids is 1. The van der Waals surface area contributed by atoms with Gasteiger partial charge in [0.25, 0.3) is 0 Å². The van der Waals surface area contributed by atoms with Crippen molar-refractivity contribution in [2.45, 2.75) is 131 Å². The Morgan fingerprint density at radius 1 is 0.703 bits per heavy atom. The van der Waals surface area contributed by atoms with Crippen molar-refractivity contribution in [1.82, 2.24) is 4.90 Å². The van der Waals surface area contributed by atoms with Crippen molar-refractivity contribution in [2.75, 3.05) is 13.1 Å². The molecule has 0 saturated carbocycles. The highest BCUT2D eigenvalue weighted by molar-refractivity contribution is 5.81. The van der Waals surface area contributed by atoms with Crippen molar-refractivity contribution in [3.8, 4) is 0 Å². The van der Waals surface area contributed by atoms with Crippen LogP contribution in [0.3, 0.4) is 0 Å². The summed E-state index contributed by atoms with van der Waals surface area (Å²) >= 11 is 0. The number of unbranched alkanes of at least 4 members (excludes halogenated alkanes) is 8. The van der Waals surface area contributed by atoms with E-state index in [9.17, 15) is 14.7 Å². The van der Waals surface area contributed by atoms with Gasteiger partial charge in [0.05, 0.1) is 5.92 Å². The summed E-state index contributed by atoms with van der Waals surface area (Å²) in [5.41, 5.74) is 0. The number of amides is 1. The molecule has 1 amide bonds. The van der Waals surface area contributed by atoms with Gasteiger partial charge in [0.1, 0.15) is 0 Å². The third-order valence-electron chi connectivity index (χ3n) is 7.14. The van der Waals surface area contributed by atoms with Gasteiger partial charge in [0.15, 0.2) is 0 Å². The summed E-state index contributed by atoms with van der Waals surface area (Å²) in [6.45, 7) is 12.2. The third kappa shape index (κ3) is 19.0. The molecule has 0 fully saturated rings. The maximum Gasteiger partial charge on any atom is 0.303 e. The van der Waals surface area contributed by atoms with E-state index in [2.05, 4.69) is 65.0 Å². The summed E-state index contributed by atoms with van der Waals surface area (Å²) in [5.74, 6) is -0.489. The van der Waals surface area contributed by atoms with E-state index < -0.39 is 5.97 Å². The van der Waals surface area contributed by atoms with Crippen molar-refractivity contribution >= 4 is 11.9 Å². The lowest BCUT2D eigenvalue weighted by Gasteiger charge is -2.31. The van der Waals surface area contributed by atoms with E-state index in [1.807, 2.05) is 11.0 Å². The Labute approximate surface area is 229 Å². The Kier molecular flexibility index (Phi) is 23.3. The first-order valence-corrected chi connectivity index (χ1v) is 15.4. The number of aliphatic carboxylic acids is 1. The molecule has 4 heteroatoms. The highest BCUT2D eigenvalue weighted by Crippen LogP contribution is 2.20. The molecular formula is C33H59NO3. The molecule has 0 saturated heterocycles. The predicted molar refractivity (Wildman–Crippen MR) is 160 cm³/mol. The van der Waals surface area contributed by atoms with Gasteiger partial charge in [-0.15, -0.1) is 0 Å². The lowest BCUT2D eigenvalue weighted by molar-refractivity contribution is -0.138. The lowest BCUT2D eigenvalue weighted by atomic mass is 9.96. The number of carbonyl (C=O) groups is 2. The van der Waals surface area contributed by atoms with Crippen LogP contribution in [0.15, 0.2) is 36.5 Å². The van der Waals surface area contributed by atoms with Gasteiger partial charge in [-0.3, -0.25) is 9.59 Å². The largest absolute Gasteiger partial charge is 0.481 e. The molecule has 4 nitrogen and oxygen atoms in total. The minimum Gasteiger partial charge on any atom is -0.481 e. The molecule has 0 rings (SSSR count). The van der Waals surface area contributed by atoms with Crippen molar-refractivity contribution in [3.05, 3.63) is 36.5 Å². The van der Waals surface area contributed by atoms with E-state index in [4.69, 9.17) is 0 Å². The Bertz CT molecular complexity index is 628. The fraction of sp³-hybridized carbons (Fsp3) is 0.758. The van der Waals surface area contributed by atoms with Gasteiger partial charge < -0.3 is 10.0 Å². The van der Waals surface area contributed by atoms with Crippen LogP contribution in [0.4, 0.5) is 0 Å².